The number of nitriles is 1. The van der Waals surface area contributed by atoms with Crippen LogP contribution < -0.4 is 0 Å². The third kappa shape index (κ3) is 6.80. The van der Waals surface area contributed by atoms with Gasteiger partial charge in [0.25, 0.3) is 0 Å². The smallest absolute Gasteiger partial charge is 0.0621 e. The molecule has 0 aliphatic rings. The molecule has 0 radical (unpaired) electrons. The normalized spacial score (nSPS) is 7.44. The zero-order valence-electron chi connectivity index (χ0n) is 5.12. The average Bonchev–Trinajstić information content (AvgIpc) is 1.89. The van der Waals surface area contributed by atoms with Crippen LogP contribution in [-0.2, 0) is 0 Å². The minimum atomic E-state index is 0.512. The molecule has 0 saturated carbocycles. The van der Waals surface area contributed by atoms with Crippen molar-refractivity contribution in [2.24, 2.45) is 5.11 Å². The minimum Gasteiger partial charge on any atom is -0.198 e. The van der Waals surface area contributed by atoms with Crippen molar-refractivity contribution >= 4 is 0 Å². The Morgan fingerprint density at radius 2 is 2.33 bits per heavy atom. The van der Waals surface area contributed by atoms with Gasteiger partial charge in [-0.05, 0) is 18.4 Å². The lowest BCUT2D eigenvalue weighted by atomic mass is 10.2. The van der Waals surface area contributed by atoms with Crippen LogP contribution in [0.2, 0.25) is 0 Å². The lowest BCUT2D eigenvalue weighted by molar-refractivity contribution is 0.760. The number of hydrogen-bond acceptors (Lipinski definition) is 2. The topological polar surface area (TPSA) is 72.5 Å². The second-order valence-corrected chi connectivity index (χ2v) is 1.57. The van der Waals surface area contributed by atoms with Crippen molar-refractivity contribution in [3.8, 4) is 6.07 Å². The van der Waals surface area contributed by atoms with Gasteiger partial charge in [-0.15, -0.1) is 0 Å². The number of nitrogens with zero attached hydrogens (tertiary/aromatic N) is 4. The molecule has 0 saturated heterocycles. The van der Waals surface area contributed by atoms with Crippen LogP contribution in [0.5, 0.6) is 0 Å². The molecule has 0 heterocycles. The molecule has 0 bridgehead atoms. The van der Waals surface area contributed by atoms with Gasteiger partial charge < -0.3 is 0 Å². The predicted molar refractivity (Wildman–Crippen MR) is 33.5 cm³/mol. The van der Waals surface area contributed by atoms with E-state index in [0.717, 1.165) is 12.8 Å². The Morgan fingerprint density at radius 1 is 1.56 bits per heavy atom. The van der Waals surface area contributed by atoms with Gasteiger partial charge in [-0.1, -0.05) is 5.11 Å². The second-order valence-electron chi connectivity index (χ2n) is 1.57. The van der Waals surface area contributed by atoms with Crippen LogP contribution in [0.15, 0.2) is 5.11 Å². The van der Waals surface area contributed by atoms with Gasteiger partial charge >= 0.3 is 0 Å². The van der Waals surface area contributed by atoms with E-state index in [4.69, 9.17) is 10.8 Å². The lowest BCUT2D eigenvalue weighted by Crippen LogP contribution is -1.77. The monoisotopic (exact) mass is 124 g/mol. The highest BCUT2D eigenvalue weighted by Crippen LogP contribution is 1.92. The van der Waals surface area contributed by atoms with Crippen molar-refractivity contribution in [3.63, 3.8) is 0 Å². The molecule has 0 aromatic heterocycles. The molecule has 0 aromatic carbocycles. The summed E-state index contributed by atoms with van der Waals surface area (Å²) in [5.74, 6) is 0. The fourth-order valence-electron chi connectivity index (χ4n) is 0.431. The fraction of sp³-hybridized carbons (Fsp3) is 0.800. The van der Waals surface area contributed by atoms with Gasteiger partial charge in [0.1, 0.15) is 0 Å². The van der Waals surface area contributed by atoms with Crippen molar-refractivity contribution in [3.05, 3.63) is 10.4 Å². The SMILES string of the molecule is N#CCCCCN=[N+]=[N-]. The first kappa shape index (κ1) is 7.80. The Kier molecular flexibility index (Phi) is 5.89. The van der Waals surface area contributed by atoms with Gasteiger partial charge in [0.05, 0.1) is 6.07 Å². The molecule has 0 unspecified atom stereocenters. The Bertz CT molecular complexity index is 140. The molecule has 48 valence electrons. The quantitative estimate of drug-likeness (QED) is 0.244. The molecule has 9 heavy (non-hydrogen) atoms. The summed E-state index contributed by atoms with van der Waals surface area (Å²) in [5.41, 5.74) is 7.82. The molecular weight excluding hydrogens is 116 g/mol. The molecule has 0 aliphatic heterocycles. The van der Waals surface area contributed by atoms with Crippen molar-refractivity contribution in [2.45, 2.75) is 19.3 Å². The van der Waals surface area contributed by atoms with Crippen molar-refractivity contribution in [2.75, 3.05) is 6.54 Å². The van der Waals surface area contributed by atoms with Gasteiger partial charge in [-0.2, -0.15) is 5.26 Å². The summed E-state index contributed by atoms with van der Waals surface area (Å²) < 4.78 is 0. The van der Waals surface area contributed by atoms with E-state index in [1.165, 1.54) is 0 Å². The number of unbranched alkanes of at least 4 members (excludes halogenated alkanes) is 2. The molecular formula is C5H8N4. The summed E-state index contributed by atoms with van der Waals surface area (Å²) in [6.07, 6.45) is 2.20. The van der Waals surface area contributed by atoms with Gasteiger partial charge in [0.2, 0.25) is 0 Å². The highest BCUT2D eigenvalue weighted by molar-refractivity contribution is 4.68. The van der Waals surface area contributed by atoms with Crippen LogP contribution in [-0.4, -0.2) is 6.54 Å². The summed E-state index contributed by atoms with van der Waals surface area (Å²) >= 11 is 0. The summed E-state index contributed by atoms with van der Waals surface area (Å²) in [4.78, 5) is 2.58. The molecule has 0 aliphatic carbocycles. The number of azide groups is 1. The van der Waals surface area contributed by atoms with Gasteiger partial charge in [-0.3, -0.25) is 0 Å². The van der Waals surface area contributed by atoms with E-state index in [-0.39, 0.29) is 0 Å². The second kappa shape index (κ2) is 6.80. The van der Waals surface area contributed by atoms with Crippen LogP contribution in [0.25, 0.3) is 10.4 Å². The standard InChI is InChI=1S/C5H8N4/c6-4-2-1-3-5-8-9-7/h1-3,5H2. The van der Waals surface area contributed by atoms with E-state index < -0.39 is 0 Å². The van der Waals surface area contributed by atoms with E-state index in [1.807, 2.05) is 6.07 Å². The van der Waals surface area contributed by atoms with E-state index >= 15 is 0 Å². The summed E-state index contributed by atoms with van der Waals surface area (Å²) in [5, 5.41) is 11.4. The Hall–Kier alpha value is -1.20. The van der Waals surface area contributed by atoms with E-state index in [0.29, 0.717) is 13.0 Å². The van der Waals surface area contributed by atoms with Gasteiger partial charge in [-0.25, -0.2) is 0 Å². The van der Waals surface area contributed by atoms with Gasteiger partial charge in [0.15, 0.2) is 0 Å². The molecule has 0 amide bonds. The molecule has 0 rings (SSSR count). The summed E-state index contributed by atoms with van der Waals surface area (Å²) in [6.45, 7) is 0.512. The molecule has 4 nitrogen and oxygen atoms in total. The highest BCUT2D eigenvalue weighted by atomic mass is 15.1. The Labute approximate surface area is 53.7 Å². The van der Waals surface area contributed by atoms with Crippen molar-refractivity contribution < 1.29 is 0 Å². The first-order chi connectivity index (χ1) is 4.41. The van der Waals surface area contributed by atoms with Gasteiger partial charge in [0, 0.05) is 17.9 Å². The van der Waals surface area contributed by atoms with Crippen molar-refractivity contribution in [1.29, 1.82) is 5.26 Å². The summed E-state index contributed by atoms with van der Waals surface area (Å²) in [6, 6.07) is 2.01. The highest BCUT2D eigenvalue weighted by Gasteiger charge is 1.82. The zero-order valence-corrected chi connectivity index (χ0v) is 5.12. The van der Waals surface area contributed by atoms with Crippen LogP contribution in [0.1, 0.15) is 19.3 Å². The largest absolute Gasteiger partial charge is 0.198 e. The maximum atomic E-state index is 8.07. The molecule has 0 spiro atoms. The Morgan fingerprint density at radius 3 is 2.89 bits per heavy atom. The van der Waals surface area contributed by atoms with Crippen LogP contribution >= 0.6 is 0 Å². The molecule has 4 heteroatoms. The lowest BCUT2D eigenvalue weighted by Gasteiger charge is -1.85. The Balaban J connectivity index is 2.93. The minimum absolute atomic E-state index is 0.512. The first-order valence-corrected chi connectivity index (χ1v) is 2.79. The maximum absolute atomic E-state index is 8.07. The number of hydrogen-bond donors (Lipinski definition) is 0. The third-order valence-corrected chi connectivity index (χ3v) is 0.860. The van der Waals surface area contributed by atoms with Crippen LogP contribution in [0, 0.1) is 11.3 Å². The fourth-order valence-corrected chi connectivity index (χ4v) is 0.431. The molecule has 0 fully saturated rings. The van der Waals surface area contributed by atoms with Crippen LogP contribution in [0.4, 0.5) is 0 Å². The number of rotatable bonds is 4. The molecule has 0 atom stereocenters. The van der Waals surface area contributed by atoms with Crippen molar-refractivity contribution in [1.82, 2.24) is 0 Å². The summed E-state index contributed by atoms with van der Waals surface area (Å²) in [7, 11) is 0. The average molecular weight is 124 g/mol. The van der Waals surface area contributed by atoms with Crippen LogP contribution in [0.3, 0.4) is 0 Å². The first-order valence-electron chi connectivity index (χ1n) is 2.79. The zero-order chi connectivity index (χ0) is 6.95. The molecule has 0 aromatic rings. The van der Waals surface area contributed by atoms with E-state index in [1.54, 1.807) is 0 Å². The predicted octanol–water partition coefficient (Wildman–Crippen LogP) is 1.99. The van der Waals surface area contributed by atoms with E-state index in [2.05, 4.69) is 10.0 Å². The van der Waals surface area contributed by atoms with E-state index in [9.17, 15) is 0 Å². The molecule has 0 N–H and O–H groups in total. The maximum Gasteiger partial charge on any atom is 0.0621 e. The third-order valence-electron chi connectivity index (χ3n) is 0.860.